The quantitative estimate of drug-likeness (QED) is 0.647. The Bertz CT molecular complexity index is 820. The van der Waals surface area contributed by atoms with Gasteiger partial charge in [0, 0.05) is 11.4 Å². The lowest BCUT2D eigenvalue weighted by atomic mass is 10.2. The smallest absolute Gasteiger partial charge is 0.338 e. The number of carbonyl (C=O) groups is 3. The molecule has 0 aromatic heterocycles. The Morgan fingerprint density at radius 2 is 1.74 bits per heavy atom. The van der Waals surface area contributed by atoms with Crippen LogP contribution < -0.4 is 21.1 Å². The highest BCUT2D eigenvalue weighted by Crippen LogP contribution is 2.17. The first-order chi connectivity index (χ1) is 12.9. The molecule has 0 saturated carbocycles. The van der Waals surface area contributed by atoms with Gasteiger partial charge in [-0.3, -0.25) is 4.79 Å². The Morgan fingerprint density at radius 1 is 1.04 bits per heavy atom. The lowest BCUT2D eigenvalue weighted by Crippen LogP contribution is -2.30. The highest BCUT2D eigenvalue weighted by molar-refractivity contribution is 5.98. The maximum atomic E-state index is 12.2. The molecule has 0 saturated heterocycles. The number of ether oxygens (including phenoxy) is 2. The number of benzene rings is 2. The summed E-state index contributed by atoms with van der Waals surface area (Å²) in [5.41, 5.74) is 6.13. The van der Waals surface area contributed by atoms with Crippen molar-refractivity contribution in [3.8, 4) is 5.75 Å². The van der Waals surface area contributed by atoms with E-state index in [1.807, 2.05) is 6.92 Å². The molecule has 8 heteroatoms. The predicted octanol–water partition coefficient (Wildman–Crippen LogP) is 2.76. The summed E-state index contributed by atoms with van der Waals surface area (Å²) in [5.74, 6) is -0.476. The second-order valence-corrected chi connectivity index (χ2v) is 5.56. The molecule has 0 aliphatic carbocycles. The van der Waals surface area contributed by atoms with Gasteiger partial charge in [0.25, 0.3) is 5.91 Å². The van der Waals surface area contributed by atoms with Crippen LogP contribution in [0.3, 0.4) is 0 Å². The zero-order valence-corrected chi connectivity index (χ0v) is 15.0. The third kappa shape index (κ3) is 6.03. The fraction of sp³-hybridized carbons (Fsp3) is 0.211. The molecular weight excluding hydrogens is 350 g/mol. The van der Waals surface area contributed by atoms with Gasteiger partial charge in [0.15, 0.2) is 6.10 Å². The van der Waals surface area contributed by atoms with E-state index in [1.165, 1.54) is 19.1 Å². The van der Waals surface area contributed by atoms with Gasteiger partial charge in [-0.2, -0.15) is 0 Å². The zero-order valence-electron chi connectivity index (χ0n) is 15.0. The molecule has 27 heavy (non-hydrogen) atoms. The molecule has 142 valence electrons. The maximum Gasteiger partial charge on any atom is 0.338 e. The third-order valence-corrected chi connectivity index (χ3v) is 3.45. The van der Waals surface area contributed by atoms with Crippen LogP contribution in [-0.2, 0) is 9.53 Å². The monoisotopic (exact) mass is 371 g/mol. The topological polar surface area (TPSA) is 120 Å². The highest BCUT2D eigenvalue weighted by Gasteiger charge is 2.19. The van der Waals surface area contributed by atoms with Gasteiger partial charge in [-0.05, 0) is 56.3 Å². The van der Waals surface area contributed by atoms with Gasteiger partial charge in [0.2, 0.25) is 0 Å². The third-order valence-electron chi connectivity index (χ3n) is 3.45. The Morgan fingerprint density at radius 3 is 2.37 bits per heavy atom. The van der Waals surface area contributed by atoms with Crippen molar-refractivity contribution in [1.29, 1.82) is 0 Å². The van der Waals surface area contributed by atoms with E-state index >= 15 is 0 Å². The van der Waals surface area contributed by atoms with Crippen LogP contribution in [0.5, 0.6) is 5.75 Å². The SMILES string of the molecule is CCOc1ccc(NC(=O)C(C)OC(=O)c2cccc(NC(N)=O)c2)cc1. The molecule has 0 fully saturated rings. The van der Waals surface area contributed by atoms with E-state index in [1.54, 1.807) is 36.4 Å². The van der Waals surface area contributed by atoms with Crippen LogP contribution in [0.1, 0.15) is 24.2 Å². The molecule has 1 unspecified atom stereocenters. The number of primary amides is 1. The van der Waals surface area contributed by atoms with Crippen LogP contribution >= 0.6 is 0 Å². The van der Waals surface area contributed by atoms with Gasteiger partial charge >= 0.3 is 12.0 Å². The number of amides is 3. The number of carbonyl (C=O) groups excluding carboxylic acids is 3. The molecule has 0 heterocycles. The molecule has 8 nitrogen and oxygen atoms in total. The van der Waals surface area contributed by atoms with Crippen LogP contribution in [0.15, 0.2) is 48.5 Å². The van der Waals surface area contributed by atoms with E-state index in [0.717, 1.165) is 0 Å². The van der Waals surface area contributed by atoms with Crippen LogP contribution in [0.2, 0.25) is 0 Å². The number of esters is 1. The number of hydrogen-bond acceptors (Lipinski definition) is 5. The Hall–Kier alpha value is -3.55. The van der Waals surface area contributed by atoms with Crippen LogP contribution in [0, 0.1) is 0 Å². The number of rotatable bonds is 7. The number of nitrogens with two attached hydrogens (primary N) is 1. The standard InChI is InChI=1S/C19H21N3O5/c1-3-26-16-9-7-14(8-10-16)21-17(23)12(2)27-18(24)13-5-4-6-15(11-13)22-19(20)25/h4-12H,3H2,1-2H3,(H,21,23)(H3,20,22,25). The van der Waals surface area contributed by atoms with E-state index in [4.69, 9.17) is 15.2 Å². The van der Waals surface area contributed by atoms with E-state index in [-0.39, 0.29) is 5.56 Å². The molecule has 1 atom stereocenters. The molecule has 4 N–H and O–H groups in total. The second-order valence-electron chi connectivity index (χ2n) is 5.56. The van der Waals surface area contributed by atoms with Crippen molar-refractivity contribution in [3.63, 3.8) is 0 Å². The maximum absolute atomic E-state index is 12.2. The number of anilines is 2. The summed E-state index contributed by atoms with van der Waals surface area (Å²) in [4.78, 5) is 35.3. The first-order valence-electron chi connectivity index (χ1n) is 8.30. The van der Waals surface area contributed by atoms with Crippen molar-refractivity contribution >= 4 is 29.3 Å². The highest BCUT2D eigenvalue weighted by atomic mass is 16.5. The van der Waals surface area contributed by atoms with Gasteiger partial charge in [0.05, 0.1) is 12.2 Å². The molecule has 0 bridgehead atoms. The van der Waals surface area contributed by atoms with Gasteiger partial charge in [-0.25, -0.2) is 9.59 Å². The zero-order chi connectivity index (χ0) is 19.8. The summed E-state index contributed by atoms with van der Waals surface area (Å²) >= 11 is 0. The van der Waals surface area contributed by atoms with Crippen molar-refractivity contribution in [1.82, 2.24) is 0 Å². The summed E-state index contributed by atoms with van der Waals surface area (Å²) in [6.45, 7) is 3.90. The Labute approximate surface area is 156 Å². The molecule has 3 amide bonds. The lowest BCUT2D eigenvalue weighted by molar-refractivity contribution is -0.123. The Kier molecular flexibility index (Phi) is 6.76. The normalized spacial score (nSPS) is 11.2. The average Bonchev–Trinajstić information content (AvgIpc) is 2.63. The molecule has 0 aliphatic rings. The number of urea groups is 1. The fourth-order valence-corrected chi connectivity index (χ4v) is 2.19. The molecular formula is C19H21N3O5. The van der Waals surface area contributed by atoms with E-state index < -0.39 is 24.0 Å². The summed E-state index contributed by atoms with van der Waals surface area (Å²) in [7, 11) is 0. The van der Waals surface area contributed by atoms with E-state index in [9.17, 15) is 14.4 Å². The minimum absolute atomic E-state index is 0.182. The van der Waals surface area contributed by atoms with Crippen molar-refractivity contribution in [3.05, 3.63) is 54.1 Å². The summed E-state index contributed by atoms with van der Waals surface area (Å²) in [5, 5.41) is 5.02. The minimum Gasteiger partial charge on any atom is -0.494 e. The van der Waals surface area contributed by atoms with E-state index in [0.29, 0.717) is 23.7 Å². The van der Waals surface area contributed by atoms with Crippen LogP contribution in [-0.4, -0.2) is 30.6 Å². The van der Waals surface area contributed by atoms with Crippen molar-refractivity contribution < 1.29 is 23.9 Å². The number of nitrogens with one attached hydrogen (secondary N) is 2. The molecule has 0 radical (unpaired) electrons. The molecule has 2 aromatic rings. The van der Waals surface area contributed by atoms with Crippen molar-refractivity contribution in [2.75, 3.05) is 17.2 Å². The predicted molar refractivity (Wildman–Crippen MR) is 101 cm³/mol. The fourth-order valence-electron chi connectivity index (χ4n) is 2.19. The first-order valence-corrected chi connectivity index (χ1v) is 8.30. The van der Waals surface area contributed by atoms with Crippen molar-refractivity contribution in [2.45, 2.75) is 20.0 Å². The van der Waals surface area contributed by atoms with Crippen molar-refractivity contribution in [2.24, 2.45) is 5.73 Å². The molecule has 0 aliphatic heterocycles. The second kappa shape index (κ2) is 9.23. The average molecular weight is 371 g/mol. The molecule has 2 aromatic carbocycles. The number of hydrogen-bond donors (Lipinski definition) is 3. The molecule has 2 rings (SSSR count). The first kappa shape index (κ1) is 19.8. The molecule has 0 spiro atoms. The van der Waals surface area contributed by atoms with Gasteiger partial charge in [-0.15, -0.1) is 0 Å². The van der Waals surface area contributed by atoms with Crippen LogP contribution in [0.25, 0.3) is 0 Å². The lowest BCUT2D eigenvalue weighted by Gasteiger charge is -2.14. The van der Waals surface area contributed by atoms with E-state index in [2.05, 4.69) is 10.6 Å². The summed E-state index contributed by atoms with van der Waals surface area (Å²) in [6, 6.07) is 12.1. The summed E-state index contributed by atoms with van der Waals surface area (Å²) in [6.07, 6.45) is -1.02. The van der Waals surface area contributed by atoms with Crippen LogP contribution in [0.4, 0.5) is 16.2 Å². The van der Waals surface area contributed by atoms with Gasteiger partial charge < -0.3 is 25.8 Å². The van der Waals surface area contributed by atoms with Gasteiger partial charge in [0.1, 0.15) is 5.75 Å². The largest absolute Gasteiger partial charge is 0.494 e. The minimum atomic E-state index is -1.02. The van der Waals surface area contributed by atoms with Gasteiger partial charge in [-0.1, -0.05) is 6.07 Å². The summed E-state index contributed by atoms with van der Waals surface area (Å²) < 4.78 is 10.5. The Balaban J connectivity index is 1.95.